The summed E-state index contributed by atoms with van der Waals surface area (Å²) in [5.74, 6) is 1.40. The fourth-order valence-corrected chi connectivity index (χ4v) is 5.38. The van der Waals surface area contributed by atoms with Gasteiger partial charge in [-0.3, -0.25) is 4.72 Å². The number of benzene rings is 1. The van der Waals surface area contributed by atoms with Crippen LogP contribution in [0.15, 0.2) is 18.2 Å². The second kappa shape index (κ2) is 10.3. The molecule has 0 radical (unpaired) electrons. The molecule has 0 aliphatic heterocycles. The van der Waals surface area contributed by atoms with Crippen molar-refractivity contribution in [2.45, 2.75) is 59.4 Å². The predicted molar refractivity (Wildman–Crippen MR) is 133 cm³/mol. The van der Waals surface area contributed by atoms with Crippen molar-refractivity contribution in [3.05, 3.63) is 45.3 Å². The number of sulfonamides is 1. The lowest BCUT2D eigenvalue weighted by Gasteiger charge is -2.13. The Morgan fingerprint density at radius 1 is 1.12 bits per heavy atom. The molecule has 32 heavy (non-hydrogen) atoms. The second-order valence-corrected chi connectivity index (χ2v) is 10.6. The van der Waals surface area contributed by atoms with Gasteiger partial charge in [0.15, 0.2) is 5.82 Å². The second-order valence-electron chi connectivity index (χ2n) is 7.94. The summed E-state index contributed by atoms with van der Waals surface area (Å²) in [7, 11) is -3.53. The number of nitrogens with one attached hydrogen (secondary N) is 1. The smallest absolute Gasteiger partial charge is 0.232 e. The molecule has 0 atom stereocenters. The molecular formula is C22H29Cl2N5O2S. The number of rotatable bonds is 10. The highest BCUT2D eigenvalue weighted by Crippen LogP contribution is 2.28. The van der Waals surface area contributed by atoms with Gasteiger partial charge in [-0.05, 0) is 56.9 Å². The first-order chi connectivity index (χ1) is 15.1. The van der Waals surface area contributed by atoms with E-state index in [2.05, 4.69) is 21.2 Å². The maximum absolute atomic E-state index is 12.5. The quantitative estimate of drug-likeness (QED) is 0.359. The average Bonchev–Trinajstić information content (AvgIpc) is 3.09. The zero-order chi connectivity index (χ0) is 23.5. The third-order valence-corrected chi connectivity index (χ3v) is 7.38. The van der Waals surface area contributed by atoms with Crippen LogP contribution < -0.4 is 10.5 Å². The minimum Gasteiger partial charge on any atom is -0.382 e. The highest BCUT2D eigenvalue weighted by atomic mass is 35.5. The Balaban J connectivity index is 1.72. The Morgan fingerprint density at radius 3 is 2.56 bits per heavy atom. The Kier molecular flexibility index (Phi) is 7.90. The SMILES string of the molecule is CCCCc1nc2c(N)nc(C)c(C)c2n1CCCCS(=O)(=O)Nc1ccc(Cl)cc1Cl. The molecule has 3 rings (SSSR count). The van der Waals surface area contributed by atoms with Gasteiger partial charge in [0.25, 0.3) is 0 Å². The van der Waals surface area contributed by atoms with E-state index in [4.69, 9.17) is 33.9 Å². The summed E-state index contributed by atoms with van der Waals surface area (Å²) in [6, 6.07) is 4.66. The van der Waals surface area contributed by atoms with Gasteiger partial charge in [-0.25, -0.2) is 18.4 Å². The van der Waals surface area contributed by atoms with Crippen molar-refractivity contribution < 1.29 is 8.42 Å². The van der Waals surface area contributed by atoms with Crippen LogP contribution in [0.4, 0.5) is 11.5 Å². The summed E-state index contributed by atoms with van der Waals surface area (Å²) in [5, 5.41) is 0.717. The number of unbranched alkanes of at least 4 members (excludes halogenated alkanes) is 2. The summed E-state index contributed by atoms with van der Waals surface area (Å²) in [5.41, 5.74) is 10.1. The molecular weight excluding hydrogens is 469 g/mol. The standard InChI is InChI=1S/C22H29Cl2N5O2S/c1-4-5-8-19-27-20-21(14(2)15(3)26-22(20)25)29(19)11-6-7-12-32(30,31)28-18-10-9-16(23)13-17(18)24/h9-10,13,28H,4-8,11-12H2,1-3H3,(H2,25,26). The van der Waals surface area contributed by atoms with Crippen LogP contribution in [0.25, 0.3) is 11.0 Å². The van der Waals surface area contributed by atoms with Gasteiger partial charge in [0, 0.05) is 23.7 Å². The lowest BCUT2D eigenvalue weighted by Crippen LogP contribution is -2.17. The molecule has 10 heteroatoms. The van der Waals surface area contributed by atoms with Crippen LogP contribution in [0.2, 0.25) is 10.0 Å². The highest BCUT2D eigenvalue weighted by Gasteiger charge is 2.18. The number of anilines is 2. The molecule has 7 nitrogen and oxygen atoms in total. The number of nitrogens with zero attached hydrogens (tertiary/aromatic N) is 3. The van der Waals surface area contributed by atoms with Gasteiger partial charge in [0.05, 0.1) is 22.0 Å². The molecule has 0 aliphatic rings. The van der Waals surface area contributed by atoms with E-state index in [1.54, 1.807) is 12.1 Å². The van der Waals surface area contributed by atoms with Gasteiger partial charge >= 0.3 is 0 Å². The van der Waals surface area contributed by atoms with Gasteiger partial charge in [-0.15, -0.1) is 0 Å². The van der Waals surface area contributed by atoms with E-state index < -0.39 is 10.0 Å². The first-order valence-electron chi connectivity index (χ1n) is 10.7. The summed E-state index contributed by atoms with van der Waals surface area (Å²) in [6.07, 6.45) is 4.10. The number of hydrogen-bond donors (Lipinski definition) is 2. The van der Waals surface area contributed by atoms with E-state index in [1.165, 1.54) is 6.07 Å². The number of hydrogen-bond acceptors (Lipinski definition) is 5. The van der Waals surface area contributed by atoms with E-state index in [0.29, 0.717) is 35.9 Å². The molecule has 2 heterocycles. The third-order valence-electron chi connectivity index (χ3n) is 5.47. The van der Waals surface area contributed by atoms with Crippen molar-refractivity contribution in [1.29, 1.82) is 0 Å². The summed E-state index contributed by atoms with van der Waals surface area (Å²) < 4.78 is 29.8. The Labute approximate surface area is 199 Å². The number of aryl methyl sites for hydroxylation is 4. The molecule has 1 aromatic carbocycles. The summed E-state index contributed by atoms with van der Waals surface area (Å²) in [4.78, 5) is 9.18. The van der Waals surface area contributed by atoms with Gasteiger partial charge in [0.1, 0.15) is 11.3 Å². The maximum atomic E-state index is 12.5. The Bertz CT molecular complexity index is 1230. The van der Waals surface area contributed by atoms with E-state index in [9.17, 15) is 8.42 Å². The number of nitrogen functional groups attached to an aromatic ring is 1. The summed E-state index contributed by atoms with van der Waals surface area (Å²) in [6.45, 7) is 6.77. The van der Waals surface area contributed by atoms with Crippen molar-refractivity contribution in [2.24, 2.45) is 0 Å². The topological polar surface area (TPSA) is 103 Å². The molecule has 0 bridgehead atoms. The largest absolute Gasteiger partial charge is 0.382 e. The van der Waals surface area contributed by atoms with Crippen LogP contribution in [0.3, 0.4) is 0 Å². The number of imidazole rings is 1. The van der Waals surface area contributed by atoms with Crippen molar-refractivity contribution in [3.63, 3.8) is 0 Å². The monoisotopic (exact) mass is 497 g/mol. The fourth-order valence-electron chi connectivity index (χ4n) is 3.67. The molecule has 0 unspecified atom stereocenters. The summed E-state index contributed by atoms with van der Waals surface area (Å²) >= 11 is 12.0. The van der Waals surface area contributed by atoms with Gasteiger partial charge in [-0.2, -0.15) is 0 Å². The van der Waals surface area contributed by atoms with Gasteiger partial charge < -0.3 is 10.3 Å². The van der Waals surface area contributed by atoms with Gasteiger partial charge in [-0.1, -0.05) is 36.5 Å². The van der Waals surface area contributed by atoms with Crippen LogP contribution in [-0.2, 0) is 23.0 Å². The Hall–Kier alpha value is -2.03. The highest BCUT2D eigenvalue weighted by molar-refractivity contribution is 7.92. The van der Waals surface area contributed by atoms with Crippen LogP contribution in [0.1, 0.15) is 49.7 Å². The van der Waals surface area contributed by atoms with Crippen molar-refractivity contribution >= 4 is 55.8 Å². The number of aromatic nitrogens is 3. The molecule has 0 spiro atoms. The van der Waals surface area contributed by atoms with Crippen LogP contribution in [0.5, 0.6) is 0 Å². The molecule has 0 amide bonds. The minimum atomic E-state index is -3.53. The van der Waals surface area contributed by atoms with Crippen LogP contribution in [0, 0.1) is 13.8 Å². The molecule has 3 aromatic rings. The molecule has 0 aliphatic carbocycles. The Morgan fingerprint density at radius 2 is 1.88 bits per heavy atom. The zero-order valence-electron chi connectivity index (χ0n) is 18.6. The first-order valence-corrected chi connectivity index (χ1v) is 13.1. The van der Waals surface area contributed by atoms with E-state index in [-0.39, 0.29) is 10.8 Å². The molecule has 3 N–H and O–H groups in total. The maximum Gasteiger partial charge on any atom is 0.232 e. The third kappa shape index (κ3) is 5.66. The van der Waals surface area contributed by atoms with Crippen LogP contribution in [-0.4, -0.2) is 28.7 Å². The van der Waals surface area contributed by atoms with Crippen molar-refractivity contribution in [1.82, 2.24) is 14.5 Å². The molecule has 0 saturated heterocycles. The number of fused-ring (bicyclic) bond motifs is 1. The molecule has 0 saturated carbocycles. The van der Waals surface area contributed by atoms with Crippen molar-refractivity contribution in [3.8, 4) is 0 Å². The predicted octanol–water partition coefficient (Wildman–Crippen LogP) is 5.50. The van der Waals surface area contributed by atoms with E-state index >= 15 is 0 Å². The molecule has 0 fully saturated rings. The normalized spacial score (nSPS) is 11.9. The number of halogens is 2. The lowest BCUT2D eigenvalue weighted by molar-refractivity contribution is 0.581. The van der Waals surface area contributed by atoms with E-state index in [1.807, 2.05) is 13.8 Å². The number of nitrogens with two attached hydrogens (primary N) is 1. The van der Waals surface area contributed by atoms with Crippen molar-refractivity contribution in [2.75, 3.05) is 16.2 Å². The lowest BCUT2D eigenvalue weighted by atomic mass is 10.2. The number of pyridine rings is 1. The zero-order valence-corrected chi connectivity index (χ0v) is 20.9. The first kappa shape index (κ1) is 24.6. The van der Waals surface area contributed by atoms with E-state index in [0.717, 1.165) is 47.4 Å². The van der Waals surface area contributed by atoms with Gasteiger partial charge in [0.2, 0.25) is 10.0 Å². The van der Waals surface area contributed by atoms with Crippen LogP contribution >= 0.6 is 23.2 Å². The average molecular weight is 498 g/mol. The fraction of sp³-hybridized carbons (Fsp3) is 0.455. The molecule has 2 aromatic heterocycles. The minimum absolute atomic E-state index is 0.00934. The molecule has 174 valence electrons.